The van der Waals surface area contributed by atoms with Crippen molar-refractivity contribution in [3.63, 3.8) is 0 Å². The van der Waals surface area contributed by atoms with E-state index in [4.69, 9.17) is 21.1 Å². The normalized spacial score (nSPS) is 12.4. The number of nitrogens with one attached hydrogen (secondary N) is 1. The van der Waals surface area contributed by atoms with Gasteiger partial charge in [0.05, 0.1) is 6.61 Å². The molecule has 0 bridgehead atoms. The highest BCUT2D eigenvalue weighted by molar-refractivity contribution is 6.31. The van der Waals surface area contributed by atoms with Gasteiger partial charge in [-0.1, -0.05) is 24.6 Å². The largest absolute Gasteiger partial charge is 0.490 e. The van der Waals surface area contributed by atoms with Gasteiger partial charge in [-0.15, -0.1) is 0 Å². The SMILES string of the molecule is CCNCc1c(Cl)cccc1OCC(O)COC. The van der Waals surface area contributed by atoms with Gasteiger partial charge in [0.15, 0.2) is 0 Å². The average Bonchev–Trinajstić information content (AvgIpc) is 2.35. The maximum absolute atomic E-state index is 9.55. The van der Waals surface area contributed by atoms with Crippen LogP contribution in [-0.2, 0) is 11.3 Å². The van der Waals surface area contributed by atoms with Crippen molar-refractivity contribution in [1.82, 2.24) is 5.32 Å². The van der Waals surface area contributed by atoms with Crippen LogP contribution in [0.2, 0.25) is 5.02 Å². The van der Waals surface area contributed by atoms with E-state index in [1.165, 1.54) is 0 Å². The van der Waals surface area contributed by atoms with E-state index in [9.17, 15) is 5.11 Å². The summed E-state index contributed by atoms with van der Waals surface area (Å²) in [7, 11) is 1.54. The molecule has 1 aromatic rings. The summed E-state index contributed by atoms with van der Waals surface area (Å²) in [6, 6.07) is 5.50. The van der Waals surface area contributed by atoms with E-state index in [1.807, 2.05) is 25.1 Å². The van der Waals surface area contributed by atoms with Gasteiger partial charge in [-0.25, -0.2) is 0 Å². The van der Waals surface area contributed by atoms with Gasteiger partial charge in [0, 0.05) is 24.2 Å². The Balaban J connectivity index is 2.65. The number of ether oxygens (including phenoxy) is 2. The Morgan fingerprint density at radius 1 is 1.39 bits per heavy atom. The molecule has 1 atom stereocenters. The number of rotatable bonds is 8. The fraction of sp³-hybridized carbons (Fsp3) is 0.538. The van der Waals surface area contributed by atoms with Crippen LogP contribution in [-0.4, -0.2) is 38.1 Å². The summed E-state index contributed by atoms with van der Waals surface area (Å²) in [4.78, 5) is 0. The Kier molecular flexibility index (Phi) is 7.05. The first kappa shape index (κ1) is 15.2. The third-order valence-corrected chi connectivity index (χ3v) is 2.77. The molecule has 0 aliphatic rings. The highest BCUT2D eigenvalue weighted by atomic mass is 35.5. The number of halogens is 1. The van der Waals surface area contributed by atoms with Crippen LogP contribution in [0, 0.1) is 0 Å². The Morgan fingerprint density at radius 3 is 2.83 bits per heavy atom. The van der Waals surface area contributed by atoms with Crippen LogP contribution in [0.3, 0.4) is 0 Å². The topological polar surface area (TPSA) is 50.7 Å². The van der Waals surface area contributed by atoms with Crippen LogP contribution in [0.5, 0.6) is 5.75 Å². The molecule has 1 aromatic carbocycles. The number of hydrogen-bond acceptors (Lipinski definition) is 4. The molecule has 0 radical (unpaired) electrons. The van der Waals surface area contributed by atoms with E-state index in [0.29, 0.717) is 17.3 Å². The molecule has 4 nitrogen and oxygen atoms in total. The number of benzene rings is 1. The van der Waals surface area contributed by atoms with Crippen molar-refractivity contribution in [2.45, 2.75) is 19.6 Å². The van der Waals surface area contributed by atoms with Crippen LogP contribution >= 0.6 is 11.6 Å². The molecule has 0 fully saturated rings. The monoisotopic (exact) mass is 273 g/mol. The minimum atomic E-state index is -0.638. The Bertz CT molecular complexity index is 360. The zero-order valence-electron chi connectivity index (χ0n) is 10.8. The smallest absolute Gasteiger partial charge is 0.125 e. The molecular weight excluding hydrogens is 254 g/mol. The van der Waals surface area contributed by atoms with Gasteiger partial charge in [-0.05, 0) is 18.7 Å². The van der Waals surface area contributed by atoms with Crippen LogP contribution in [0.1, 0.15) is 12.5 Å². The third-order valence-electron chi connectivity index (χ3n) is 2.42. The molecule has 1 unspecified atom stereocenters. The van der Waals surface area contributed by atoms with Gasteiger partial charge >= 0.3 is 0 Å². The van der Waals surface area contributed by atoms with Crippen molar-refractivity contribution in [2.75, 3.05) is 26.9 Å². The maximum Gasteiger partial charge on any atom is 0.125 e. The third kappa shape index (κ3) is 4.82. The summed E-state index contributed by atoms with van der Waals surface area (Å²) in [5, 5.41) is 13.4. The van der Waals surface area contributed by atoms with Crippen molar-refractivity contribution in [3.05, 3.63) is 28.8 Å². The number of aliphatic hydroxyl groups excluding tert-OH is 1. The maximum atomic E-state index is 9.55. The molecular formula is C13H20ClNO3. The van der Waals surface area contributed by atoms with Gasteiger partial charge in [-0.3, -0.25) is 0 Å². The molecule has 0 spiro atoms. The molecule has 0 aliphatic heterocycles. The van der Waals surface area contributed by atoms with Crippen LogP contribution in [0.15, 0.2) is 18.2 Å². The van der Waals surface area contributed by atoms with Crippen LogP contribution in [0.25, 0.3) is 0 Å². The van der Waals surface area contributed by atoms with Crippen molar-refractivity contribution in [1.29, 1.82) is 0 Å². The zero-order chi connectivity index (χ0) is 13.4. The molecule has 0 saturated heterocycles. The van der Waals surface area contributed by atoms with Gasteiger partial charge in [0.2, 0.25) is 0 Å². The highest BCUT2D eigenvalue weighted by Crippen LogP contribution is 2.26. The Labute approximate surface area is 113 Å². The summed E-state index contributed by atoms with van der Waals surface area (Å²) in [5.74, 6) is 0.693. The minimum Gasteiger partial charge on any atom is -0.490 e. The second kappa shape index (κ2) is 8.32. The van der Waals surface area contributed by atoms with Gasteiger partial charge in [0.25, 0.3) is 0 Å². The summed E-state index contributed by atoms with van der Waals surface area (Å²) in [6.07, 6.45) is -0.638. The molecule has 18 heavy (non-hydrogen) atoms. The van der Waals surface area contributed by atoms with E-state index in [1.54, 1.807) is 7.11 Å². The molecule has 0 heterocycles. The van der Waals surface area contributed by atoms with Gasteiger partial charge in [0.1, 0.15) is 18.5 Å². The lowest BCUT2D eigenvalue weighted by Gasteiger charge is -2.15. The lowest BCUT2D eigenvalue weighted by atomic mass is 10.2. The second-order valence-corrected chi connectivity index (χ2v) is 4.32. The van der Waals surface area contributed by atoms with Crippen molar-refractivity contribution < 1.29 is 14.6 Å². The van der Waals surface area contributed by atoms with Crippen molar-refractivity contribution in [3.8, 4) is 5.75 Å². The van der Waals surface area contributed by atoms with Gasteiger partial charge in [-0.2, -0.15) is 0 Å². The van der Waals surface area contributed by atoms with E-state index in [2.05, 4.69) is 5.32 Å². The number of methoxy groups -OCH3 is 1. The molecule has 102 valence electrons. The predicted octanol–water partition coefficient (Wildman–Crippen LogP) is 1.84. The summed E-state index contributed by atoms with van der Waals surface area (Å²) in [5.41, 5.74) is 0.908. The molecule has 0 aliphatic carbocycles. The first-order valence-electron chi connectivity index (χ1n) is 5.97. The molecule has 0 amide bonds. The first-order valence-corrected chi connectivity index (χ1v) is 6.34. The van der Waals surface area contributed by atoms with Crippen molar-refractivity contribution in [2.24, 2.45) is 0 Å². The van der Waals surface area contributed by atoms with Crippen LogP contribution in [0.4, 0.5) is 0 Å². The van der Waals surface area contributed by atoms with Gasteiger partial charge < -0.3 is 19.9 Å². The quantitative estimate of drug-likeness (QED) is 0.759. The molecule has 0 saturated carbocycles. The fourth-order valence-electron chi connectivity index (χ4n) is 1.52. The minimum absolute atomic E-state index is 0.188. The second-order valence-electron chi connectivity index (χ2n) is 3.92. The lowest BCUT2D eigenvalue weighted by molar-refractivity contribution is 0.0323. The Hall–Kier alpha value is -0.810. The molecule has 2 N–H and O–H groups in total. The zero-order valence-corrected chi connectivity index (χ0v) is 11.5. The molecule has 0 aromatic heterocycles. The molecule has 1 rings (SSSR count). The standard InChI is InChI=1S/C13H20ClNO3/c1-3-15-7-11-12(14)5-4-6-13(11)18-9-10(16)8-17-2/h4-6,10,15-16H,3,7-9H2,1-2H3. The van der Waals surface area contributed by atoms with Crippen molar-refractivity contribution >= 4 is 11.6 Å². The van der Waals surface area contributed by atoms with E-state index in [0.717, 1.165) is 12.1 Å². The van der Waals surface area contributed by atoms with Crippen LogP contribution < -0.4 is 10.1 Å². The summed E-state index contributed by atoms with van der Waals surface area (Å²) >= 11 is 6.13. The van der Waals surface area contributed by atoms with E-state index in [-0.39, 0.29) is 13.2 Å². The highest BCUT2D eigenvalue weighted by Gasteiger charge is 2.10. The summed E-state index contributed by atoms with van der Waals surface area (Å²) < 4.78 is 10.4. The lowest BCUT2D eigenvalue weighted by Crippen LogP contribution is -2.23. The first-order chi connectivity index (χ1) is 8.69. The number of aliphatic hydroxyl groups is 1. The number of hydrogen-bond donors (Lipinski definition) is 2. The van der Waals surface area contributed by atoms with E-state index >= 15 is 0 Å². The predicted molar refractivity (Wildman–Crippen MR) is 72.2 cm³/mol. The fourth-order valence-corrected chi connectivity index (χ4v) is 1.75. The molecule has 5 heteroatoms. The average molecular weight is 274 g/mol. The van der Waals surface area contributed by atoms with E-state index < -0.39 is 6.10 Å². The Morgan fingerprint density at radius 2 is 2.17 bits per heavy atom. The summed E-state index contributed by atoms with van der Waals surface area (Å²) in [6.45, 7) is 3.97.